The number of carbonyl (C=O) groups excluding carboxylic acids is 1. The van der Waals surface area contributed by atoms with Gasteiger partial charge in [0.1, 0.15) is 0 Å². The number of aromatic nitrogens is 2. The highest BCUT2D eigenvalue weighted by Crippen LogP contribution is 2.25. The molecule has 1 atom stereocenters. The molecule has 0 saturated carbocycles. The molecule has 4 rings (SSSR count). The van der Waals surface area contributed by atoms with Gasteiger partial charge in [-0.2, -0.15) is 0 Å². The van der Waals surface area contributed by atoms with Gasteiger partial charge in [-0.1, -0.05) is 12.5 Å². The highest BCUT2D eigenvalue weighted by molar-refractivity contribution is 6.03. The molecule has 0 aliphatic carbocycles. The van der Waals surface area contributed by atoms with E-state index in [0.29, 0.717) is 0 Å². The van der Waals surface area contributed by atoms with Gasteiger partial charge in [0.2, 0.25) is 5.91 Å². The normalized spacial score (nSPS) is 18.3. The Hall–Kier alpha value is -2.66. The van der Waals surface area contributed by atoms with E-state index in [-0.39, 0.29) is 11.9 Å². The Morgan fingerprint density at radius 2 is 2.08 bits per heavy atom. The summed E-state index contributed by atoms with van der Waals surface area (Å²) in [5, 5.41) is 4.19. The topological polar surface area (TPSA) is 61.0 Å². The van der Waals surface area contributed by atoms with Crippen molar-refractivity contribution in [3.63, 3.8) is 0 Å². The molecule has 0 spiro atoms. The van der Waals surface area contributed by atoms with Crippen LogP contribution in [0.3, 0.4) is 0 Å². The van der Waals surface area contributed by atoms with Crippen LogP contribution in [0.15, 0.2) is 55.0 Å². The van der Waals surface area contributed by atoms with Crippen LogP contribution in [0, 0.1) is 0 Å². The second kappa shape index (κ2) is 7.07. The van der Waals surface area contributed by atoms with Crippen molar-refractivity contribution in [1.82, 2.24) is 14.9 Å². The Balaban J connectivity index is 1.52. The van der Waals surface area contributed by atoms with Gasteiger partial charge in [0.25, 0.3) is 0 Å². The van der Waals surface area contributed by atoms with Crippen LogP contribution in [0.5, 0.6) is 0 Å². The average Bonchev–Trinajstić information content (AvgIpc) is 3.13. The zero-order valence-electron chi connectivity index (χ0n) is 14.1. The maximum atomic E-state index is 13.0. The van der Waals surface area contributed by atoms with Crippen LogP contribution in [0.25, 0.3) is 10.9 Å². The molecule has 25 heavy (non-hydrogen) atoms. The van der Waals surface area contributed by atoms with Crippen molar-refractivity contribution in [3.05, 3.63) is 60.6 Å². The van der Waals surface area contributed by atoms with E-state index in [0.717, 1.165) is 48.9 Å². The van der Waals surface area contributed by atoms with E-state index >= 15 is 0 Å². The molecule has 1 fully saturated rings. The zero-order chi connectivity index (χ0) is 17.1. The average molecular weight is 334 g/mol. The van der Waals surface area contributed by atoms with Crippen molar-refractivity contribution in [2.45, 2.75) is 31.8 Å². The maximum Gasteiger partial charge on any atom is 0.241 e. The molecule has 1 amide bonds. The van der Waals surface area contributed by atoms with Crippen LogP contribution >= 0.6 is 0 Å². The fourth-order valence-electron chi connectivity index (χ4n) is 3.61. The van der Waals surface area contributed by atoms with Crippen LogP contribution in [-0.4, -0.2) is 33.4 Å². The highest BCUT2D eigenvalue weighted by atomic mass is 16.2. The van der Waals surface area contributed by atoms with Crippen LogP contribution in [0.4, 0.5) is 5.69 Å². The fourth-order valence-corrected chi connectivity index (χ4v) is 3.61. The Morgan fingerprint density at radius 3 is 2.96 bits per heavy atom. The van der Waals surface area contributed by atoms with Gasteiger partial charge in [-0.3, -0.25) is 14.7 Å². The van der Waals surface area contributed by atoms with E-state index in [1.54, 1.807) is 12.4 Å². The molecule has 1 aliphatic rings. The maximum absolute atomic E-state index is 13.0. The number of carbonyl (C=O) groups is 1. The van der Waals surface area contributed by atoms with Gasteiger partial charge in [0.05, 0.1) is 11.7 Å². The SMILES string of the molecule is O=C(Nc1cccc2[nH]ccc12)[C@@H]1CCCCN1Cc1ccncc1. The lowest BCUT2D eigenvalue weighted by molar-refractivity contribution is -0.122. The number of fused-ring (bicyclic) bond motifs is 1. The van der Waals surface area contributed by atoms with E-state index < -0.39 is 0 Å². The molecule has 0 unspecified atom stereocenters. The first-order chi connectivity index (χ1) is 12.3. The molecule has 2 aromatic heterocycles. The lowest BCUT2D eigenvalue weighted by Gasteiger charge is -2.34. The van der Waals surface area contributed by atoms with E-state index in [9.17, 15) is 4.79 Å². The number of aromatic amines is 1. The number of likely N-dealkylation sites (tertiary alicyclic amines) is 1. The van der Waals surface area contributed by atoms with E-state index in [4.69, 9.17) is 0 Å². The summed E-state index contributed by atoms with van der Waals surface area (Å²) < 4.78 is 0. The number of rotatable bonds is 4. The van der Waals surface area contributed by atoms with Crippen molar-refractivity contribution < 1.29 is 4.79 Å². The Labute approximate surface area is 147 Å². The Morgan fingerprint density at radius 1 is 1.20 bits per heavy atom. The van der Waals surface area contributed by atoms with E-state index in [2.05, 4.69) is 20.2 Å². The van der Waals surface area contributed by atoms with Crippen molar-refractivity contribution >= 4 is 22.5 Å². The van der Waals surface area contributed by atoms with Crippen LogP contribution in [0.2, 0.25) is 0 Å². The second-order valence-electron chi connectivity index (χ2n) is 6.57. The summed E-state index contributed by atoms with van der Waals surface area (Å²) >= 11 is 0. The molecule has 0 bridgehead atoms. The van der Waals surface area contributed by atoms with Gasteiger partial charge in [-0.05, 0) is 55.3 Å². The predicted octanol–water partition coefficient (Wildman–Crippen LogP) is 3.56. The monoisotopic (exact) mass is 334 g/mol. The van der Waals surface area contributed by atoms with Gasteiger partial charge in [0.15, 0.2) is 0 Å². The Kier molecular flexibility index (Phi) is 4.48. The summed E-state index contributed by atoms with van der Waals surface area (Å²) in [7, 11) is 0. The molecule has 3 heterocycles. The molecule has 2 N–H and O–H groups in total. The van der Waals surface area contributed by atoms with Crippen molar-refractivity contribution in [2.75, 3.05) is 11.9 Å². The standard InChI is InChI=1S/C20H22N4O/c25-20(23-18-5-3-4-17-16(18)9-12-22-17)19-6-1-2-13-24(19)14-15-7-10-21-11-8-15/h3-5,7-12,19,22H,1-2,6,13-14H2,(H,23,25)/t19-/m0/s1. The van der Waals surface area contributed by atoms with Crippen LogP contribution < -0.4 is 5.32 Å². The molecule has 0 radical (unpaired) electrons. The quantitative estimate of drug-likeness (QED) is 0.767. The fraction of sp³-hybridized carbons (Fsp3) is 0.300. The first kappa shape index (κ1) is 15.8. The van der Waals surface area contributed by atoms with Gasteiger partial charge in [-0.25, -0.2) is 0 Å². The number of nitrogens with zero attached hydrogens (tertiary/aromatic N) is 2. The summed E-state index contributed by atoms with van der Waals surface area (Å²) in [5.74, 6) is 0.0856. The molecular formula is C20H22N4O. The smallest absolute Gasteiger partial charge is 0.241 e. The summed E-state index contributed by atoms with van der Waals surface area (Å²) in [4.78, 5) is 22.5. The lowest BCUT2D eigenvalue weighted by Crippen LogP contribution is -2.46. The molecule has 1 aliphatic heterocycles. The summed E-state index contributed by atoms with van der Waals surface area (Å²) in [6.07, 6.45) is 8.65. The van der Waals surface area contributed by atoms with Gasteiger partial charge in [0, 0.05) is 36.0 Å². The first-order valence-corrected chi connectivity index (χ1v) is 8.81. The highest BCUT2D eigenvalue weighted by Gasteiger charge is 2.29. The third-order valence-corrected chi connectivity index (χ3v) is 4.90. The van der Waals surface area contributed by atoms with Crippen LogP contribution in [-0.2, 0) is 11.3 Å². The lowest BCUT2D eigenvalue weighted by atomic mass is 10.00. The number of benzene rings is 1. The van der Waals surface area contributed by atoms with E-state index in [1.807, 2.05) is 42.6 Å². The van der Waals surface area contributed by atoms with Crippen molar-refractivity contribution in [3.8, 4) is 0 Å². The summed E-state index contributed by atoms with van der Waals surface area (Å²) in [6, 6.07) is 11.9. The number of piperidine rings is 1. The predicted molar refractivity (Wildman–Crippen MR) is 99.2 cm³/mol. The Bertz CT molecular complexity index is 858. The zero-order valence-corrected chi connectivity index (χ0v) is 14.1. The number of nitrogens with one attached hydrogen (secondary N) is 2. The first-order valence-electron chi connectivity index (χ1n) is 8.81. The van der Waals surface area contributed by atoms with Crippen molar-refractivity contribution in [2.24, 2.45) is 0 Å². The minimum absolute atomic E-state index is 0.0856. The summed E-state index contributed by atoms with van der Waals surface area (Å²) in [5.41, 5.74) is 3.11. The molecular weight excluding hydrogens is 312 g/mol. The molecule has 128 valence electrons. The number of H-pyrrole nitrogens is 1. The second-order valence-corrected chi connectivity index (χ2v) is 6.57. The molecule has 5 nitrogen and oxygen atoms in total. The van der Waals surface area contributed by atoms with Crippen LogP contribution in [0.1, 0.15) is 24.8 Å². The number of anilines is 1. The number of hydrogen-bond acceptors (Lipinski definition) is 3. The molecule has 3 aromatic rings. The number of hydrogen-bond donors (Lipinski definition) is 2. The molecule has 5 heteroatoms. The van der Waals surface area contributed by atoms with Gasteiger partial charge < -0.3 is 10.3 Å². The minimum Gasteiger partial charge on any atom is -0.361 e. The van der Waals surface area contributed by atoms with Crippen molar-refractivity contribution in [1.29, 1.82) is 0 Å². The minimum atomic E-state index is -0.0869. The van der Waals surface area contributed by atoms with Gasteiger partial charge >= 0.3 is 0 Å². The molecule has 1 saturated heterocycles. The largest absolute Gasteiger partial charge is 0.361 e. The van der Waals surface area contributed by atoms with E-state index in [1.165, 1.54) is 5.56 Å². The third kappa shape index (κ3) is 3.42. The molecule has 1 aromatic carbocycles. The van der Waals surface area contributed by atoms with Gasteiger partial charge in [-0.15, -0.1) is 0 Å². The third-order valence-electron chi connectivity index (χ3n) is 4.90. The summed E-state index contributed by atoms with van der Waals surface area (Å²) in [6.45, 7) is 1.74. The number of amides is 1. The number of pyridine rings is 1.